The molecule has 0 saturated carbocycles. The number of alkyl halides is 3. The fourth-order valence-corrected chi connectivity index (χ4v) is 1.95. The average molecular weight is 305 g/mol. The number of rotatable bonds is 6. The second kappa shape index (κ2) is 7.93. The van der Waals surface area contributed by atoms with Gasteiger partial charge in [-0.05, 0) is 13.0 Å². The molecule has 18 heavy (non-hydrogen) atoms. The molecule has 0 spiro atoms. The van der Waals surface area contributed by atoms with E-state index in [1.54, 1.807) is 0 Å². The normalized spacial score (nSPS) is 13.2. The second-order valence-corrected chi connectivity index (χ2v) is 4.51. The SMILES string of the molecule is CCCCNC[C@H](O)c1csc(C(F)(F)F)n1.Cl. The molecule has 0 unspecified atom stereocenters. The van der Waals surface area contributed by atoms with Gasteiger partial charge in [0.1, 0.15) is 6.10 Å². The number of thiazole rings is 1. The van der Waals surface area contributed by atoms with Crippen LogP contribution in [0.25, 0.3) is 0 Å². The Kier molecular flexibility index (Phi) is 7.77. The molecule has 1 heterocycles. The van der Waals surface area contributed by atoms with Gasteiger partial charge in [0.2, 0.25) is 0 Å². The van der Waals surface area contributed by atoms with Crippen molar-refractivity contribution in [1.82, 2.24) is 10.3 Å². The second-order valence-electron chi connectivity index (χ2n) is 3.65. The number of nitrogens with one attached hydrogen (secondary N) is 1. The maximum Gasteiger partial charge on any atom is 0.443 e. The molecule has 0 fully saturated rings. The van der Waals surface area contributed by atoms with E-state index in [4.69, 9.17) is 0 Å². The van der Waals surface area contributed by atoms with Crippen LogP contribution in [0.5, 0.6) is 0 Å². The first-order valence-electron chi connectivity index (χ1n) is 5.36. The van der Waals surface area contributed by atoms with E-state index in [1.807, 2.05) is 6.92 Å². The summed E-state index contributed by atoms with van der Waals surface area (Å²) < 4.78 is 36.8. The van der Waals surface area contributed by atoms with E-state index in [-0.39, 0.29) is 24.6 Å². The van der Waals surface area contributed by atoms with Crippen LogP contribution < -0.4 is 5.32 Å². The molecule has 0 aliphatic rings. The largest absolute Gasteiger partial charge is 0.443 e. The van der Waals surface area contributed by atoms with Gasteiger partial charge in [0.05, 0.1) is 5.69 Å². The summed E-state index contributed by atoms with van der Waals surface area (Å²) in [5.74, 6) is 0. The average Bonchev–Trinajstić information content (AvgIpc) is 2.72. The number of aromatic nitrogens is 1. The molecule has 106 valence electrons. The molecule has 1 atom stereocenters. The van der Waals surface area contributed by atoms with E-state index < -0.39 is 17.3 Å². The highest BCUT2D eigenvalue weighted by atomic mass is 35.5. The first-order chi connectivity index (χ1) is 7.95. The monoisotopic (exact) mass is 304 g/mol. The first-order valence-corrected chi connectivity index (χ1v) is 6.24. The Balaban J connectivity index is 0.00000289. The number of nitrogens with zero attached hydrogens (tertiary/aromatic N) is 1. The van der Waals surface area contributed by atoms with Gasteiger partial charge in [0, 0.05) is 11.9 Å². The minimum atomic E-state index is -4.43. The predicted octanol–water partition coefficient (Wildman–Crippen LogP) is 3.01. The summed E-state index contributed by atoms with van der Waals surface area (Å²) in [6.07, 6.45) is -3.42. The van der Waals surface area contributed by atoms with Gasteiger partial charge in [-0.25, -0.2) is 4.98 Å². The minimum absolute atomic E-state index is 0. The van der Waals surface area contributed by atoms with E-state index in [0.29, 0.717) is 11.3 Å². The highest BCUT2D eigenvalue weighted by Crippen LogP contribution is 2.32. The molecule has 2 N–H and O–H groups in total. The van der Waals surface area contributed by atoms with Crippen LogP contribution in [-0.4, -0.2) is 23.2 Å². The van der Waals surface area contributed by atoms with E-state index in [9.17, 15) is 18.3 Å². The standard InChI is InChI=1S/C10H15F3N2OS.ClH/c1-2-3-4-14-5-8(16)7-6-17-9(15-7)10(11,12)13;/h6,8,14,16H,2-5H2,1H3;1H/t8-;/m0./s1. The molecule has 1 aromatic heterocycles. The summed E-state index contributed by atoms with van der Waals surface area (Å²) in [6.45, 7) is 3.00. The van der Waals surface area contributed by atoms with Crippen LogP contribution in [0.1, 0.15) is 36.6 Å². The van der Waals surface area contributed by atoms with Gasteiger partial charge in [0.15, 0.2) is 5.01 Å². The Morgan fingerprint density at radius 2 is 2.17 bits per heavy atom. The predicted molar refractivity (Wildman–Crippen MR) is 67.1 cm³/mol. The Morgan fingerprint density at radius 3 is 2.67 bits per heavy atom. The van der Waals surface area contributed by atoms with Crippen molar-refractivity contribution in [3.05, 3.63) is 16.1 Å². The molecule has 3 nitrogen and oxygen atoms in total. The number of aliphatic hydroxyl groups is 1. The highest BCUT2D eigenvalue weighted by Gasteiger charge is 2.35. The topological polar surface area (TPSA) is 45.1 Å². The van der Waals surface area contributed by atoms with Crippen LogP contribution in [-0.2, 0) is 6.18 Å². The number of unbranched alkanes of at least 4 members (excludes halogenated alkanes) is 1. The van der Waals surface area contributed by atoms with E-state index in [1.165, 1.54) is 5.38 Å². The van der Waals surface area contributed by atoms with Gasteiger partial charge < -0.3 is 10.4 Å². The van der Waals surface area contributed by atoms with Crippen molar-refractivity contribution in [1.29, 1.82) is 0 Å². The number of hydrogen-bond donors (Lipinski definition) is 2. The summed E-state index contributed by atoms with van der Waals surface area (Å²) in [5, 5.41) is 12.9. The van der Waals surface area contributed by atoms with Crippen LogP contribution in [0, 0.1) is 0 Å². The maximum absolute atomic E-state index is 12.3. The first kappa shape index (κ1) is 17.6. The van der Waals surface area contributed by atoms with Crippen LogP contribution in [0.2, 0.25) is 0 Å². The zero-order chi connectivity index (χ0) is 12.9. The maximum atomic E-state index is 12.3. The molecule has 0 bridgehead atoms. The third-order valence-corrected chi connectivity index (χ3v) is 3.06. The lowest BCUT2D eigenvalue weighted by molar-refractivity contribution is -0.137. The smallest absolute Gasteiger partial charge is 0.385 e. The van der Waals surface area contributed by atoms with Crippen molar-refractivity contribution < 1.29 is 18.3 Å². The lowest BCUT2D eigenvalue weighted by Gasteiger charge is -2.09. The van der Waals surface area contributed by atoms with Gasteiger partial charge in [-0.15, -0.1) is 23.7 Å². The molecule has 0 aromatic carbocycles. The van der Waals surface area contributed by atoms with Crippen LogP contribution in [0.4, 0.5) is 13.2 Å². The number of aliphatic hydroxyl groups excluding tert-OH is 1. The van der Waals surface area contributed by atoms with E-state index in [0.717, 1.165) is 19.4 Å². The quantitative estimate of drug-likeness (QED) is 0.794. The fourth-order valence-electron chi connectivity index (χ4n) is 1.21. The molecule has 0 saturated heterocycles. The Morgan fingerprint density at radius 1 is 1.50 bits per heavy atom. The van der Waals surface area contributed by atoms with Crippen molar-refractivity contribution in [2.75, 3.05) is 13.1 Å². The molecule has 0 radical (unpaired) electrons. The summed E-state index contributed by atoms with van der Waals surface area (Å²) in [4.78, 5) is 3.38. The molecule has 1 rings (SSSR count). The van der Waals surface area contributed by atoms with Crippen LogP contribution in [0.15, 0.2) is 5.38 Å². The van der Waals surface area contributed by atoms with Crippen molar-refractivity contribution in [3.63, 3.8) is 0 Å². The third-order valence-electron chi connectivity index (χ3n) is 2.15. The summed E-state index contributed by atoms with van der Waals surface area (Å²) in [5.41, 5.74) is 0.0753. The van der Waals surface area contributed by atoms with Crippen molar-refractivity contribution in [3.8, 4) is 0 Å². The minimum Gasteiger partial charge on any atom is -0.385 e. The summed E-state index contributed by atoms with van der Waals surface area (Å²) in [6, 6.07) is 0. The number of halogens is 4. The molecule has 8 heteroatoms. The highest BCUT2D eigenvalue weighted by molar-refractivity contribution is 7.09. The van der Waals surface area contributed by atoms with Gasteiger partial charge in [-0.3, -0.25) is 0 Å². The molecule has 0 amide bonds. The molecule has 1 aromatic rings. The van der Waals surface area contributed by atoms with E-state index in [2.05, 4.69) is 10.3 Å². The summed E-state index contributed by atoms with van der Waals surface area (Å²) in [7, 11) is 0. The lowest BCUT2D eigenvalue weighted by atomic mass is 10.2. The molecule has 0 aliphatic heterocycles. The molecular weight excluding hydrogens is 289 g/mol. The third kappa shape index (κ3) is 5.51. The Labute approximate surface area is 114 Å². The molecule has 0 aliphatic carbocycles. The Bertz CT molecular complexity index is 346. The summed E-state index contributed by atoms with van der Waals surface area (Å²) >= 11 is 0.505. The van der Waals surface area contributed by atoms with Crippen molar-refractivity contribution in [2.45, 2.75) is 32.0 Å². The van der Waals surface area contributed by atoms with Crippen LogP contribution in [0.3, 0.4) is 0 Å². The zero-order valence-electron chi connectivity index (χ0n) is 9.83. The van der Waals surface area contributed by atoms with Crippen molar-refractivity contribution >= 4 is 23.7 Å². The molecular formula is C10H16ClF3N2OS. The number of hydrogen-bond acceptors (Lipinski definition) is 4. The lowest BCUT2D eigenvalue weighted by Crippen LogP contribution is -2.22. The van der Waals surface area contributed by atoms with Gasteiger partial charge >= 0.3 is 6.18 Å². The van der Waals surface area contributed by atoms with Crippen LogP contribution >= 0.6 is 23.7 Å². The van der Waals surface area contributed by atoms with Gasteiger partial charge in [-0.2, -0.15) is 13.2 Å². The Hall–Kier alpha value is -0.370. The fraction of sp³-hybridized carbons (Fsp3) is 0.700. The van der Waals surface area contributed by atoms with Gasteiger partial charge in [-0.1, -0.05) is 13.3 Å². The van der Waals surface area contributed by atoms with Crippen molar-refractivity contribution in [2.24, 2.45) is 0 Å². The van der Waals surface area contributed by atoms with Gasteiger partial charge in [0.25, 0.3) is 0 Å². The zero-order valence-corrected chi connectivity index (χ0v) is 11.5. The van der Waals surface area contributed by atoms with E-state index >= 15 is 0 Å².